The summed E-state index contributed by atoms with van der Waals surface area (Å²) in [7, 11) is 0. The molecule has 3 aromatic rings. The Morgan fingerprint density at radius 2 is 1.75 bits per heavy atom. The highest BCUT2D eigenvalue weighted by Gasteiger charge is 2.13. The largest absolute Gasteiger partial charge is 0.365 e. The van der Waals surface area contributed by atoms with Crippen molar-refractivity contribution in [2.75, 3.05) is 11.4 Å². The first kappa shape index (κ1) is 20.0. The molecular formula is C22H22ClN3OS. The highest BCUT2D eigenvalue weighted by Crippen LogP contribution is 2.34. The van der Waals surface area contributed by atoms with E-state index < -0.39 is 0 Å². The highest BCUT2D eigenvalue weighted by atomic mass is 35.5. The fourth-order valence-electron chi connectivity index (χ4n) is 3.13. The topological polar surface area (TPSA) is 49.6 Å². The third-order valence-electron chi connectivity index (χ3n) is 4.68. The number of fused-ring (bicyclic) bond motifs is 1. The lowest BCUT2D eigenvalue weighted by Crippen LogP contribution is -2.21. The van der Waals surface area contributed by atoms with Gasteiger partial charge in [0.25, 0.3) is 5.91 Å². The summed E-state index contributed by atoms with van der Waals surface area (Å²) in [5, 5.41) is 1.04. The number of thiophene rings is 1. The van der Waals surface area contributed by atoms with Crippen molar-refractivity contribution in [2.45, 2.75) is 13.3 Å². The van der Waals surface area contributed by atoms with E-state index in [1.54, 1.807) is 0 Å². The molecular weight excluding hydrogens is 390 g/mol. The van der Waals surface area contributed by atoms with Gasteiger partial charge in [0.15, 0.2) is 0 Å². The predicted molar refractivity (Wildman–Crippen MR) is 120 cm³/mol. The van der Waals surface area contributed by atoms with Crippen molar-refractivity contribution >= 4 is 45.4 Å². The molecule has 0 fully saturated rings. The number of hydrogen-bond acceptors (Lipinski definition) is 4. The molecule has 0 spiro atoms. The number of halogens is 1. The molecule has 1 aliphatic rings. The third-order valence-corrected chi connectivity index (χ3v) is 5.79. The quantitative estimate of drug-likeness (QED) is 0.640. The van der Waals surface area contributed by atoms with Crippen molar-refractivity contribution in [3.05, 3.63) is 89.3 Å². The molecule has 0 radical (unpaired) electrons. The molecule has 1 aromatic heterocycles. The van der Waals surface area contributed by atoms with Crippen molar-refractivity contribution in [2.24, 2.45) is 5.73 Å². The standard InChI is InChI=1S/C22H21N3OS.ClH/c1-16-5-7-17(8-6-16)9-10-24-11-13-25(14-12-24)19-3-2-4-20-18(19)15-21(27-20)22(23)26;/h2-8,11-15H,9-10H2,1H3,(H2,23,26);1H. The minimum atomic E-state index is -0.380. The van der Waals surface area contributed by atoms with Crippen LogP contribution in [0.1, 0.15) is 20.8 Å². The van der Waals surface area contributed by atoms with E-state index in [4.69, 9.17) is 5.73 Å². The minimum Gasteiger partial charge on any atom is -0.365 e. The van der Waals surface area contributed by atoms with Crippen LogP contribution in [0, 0.1) is 6.92 Å². The maximum Gasteiger partial charge on any atom is 0.258 e. The molecule has 0 saturated heterocycles. The summed E-state index contributed by atoms with van der Waals surface area (Å²) in [6.45, 7) is 3.03. The Morgan fingerprint density at radius 3 is 2.43 bits per heavy atom. The number of aryl methyl sites for hydroxylation is 1. The molecule has 2 heterocycles. The summed E-state index contributed by atoms with van der Waals surface area (Å²) in [6.07, 6.45) is 9.25. The number of amides is 1. The van der Waals surface area contributed by atoms with Gasteiger partial charge in [-0.15, -0.1) is 23.7 Å². The average Bonchev–Trinajstić information content (AvgIpc) is 3.13. The third kappa shape index (κ3) is 4.21. The van der Waals surface area contributed by atoms with Gasteiger partial charge in [-0.1, -0.05) is 35.9 Å². The van der Waals surface area contributed by atoms with E-state index in [-0.39, 0.29) is 18.3 Å². The molecule has 0 saturated carbocycles. The number of anilines is 1. The SMILES string of the molecule is Cc1ccc(CCN2C=CN(c3cccc4sc(C(N)=O)cc34)C=C2)cc1.Cl. The van der Waals surface area contributed by atoms with Crippen LogP contribution in [0.3, 0.4) is 0 Å². The fraction of sp³-hybridized carbons (Fsp3) is 0.136. The van der Waals surface area contributed by atoms with Crippen LogP contribution in [-0.2, 0) is 6.42 Å². The van der Waals surface area contributed by atoms with Crippen molar-refractivity contribution in [1.29, 1.82) is 0 Å². The number of primary amides is 1. The lowest BCUT2D eigenvalue weighted by molar-refractivity contribution is 0.100. The number of nitrogens with zero attached hydrogens (tertiary/aromatic N) is 2. The maximum absolute atomic E-state index is 11.5. The van der Waals surface area contributed by atoms with Crippen LogP contribution in [0.25, 0.3) is 10.1 Å². The molecule has 28 heavy (non-hydrogen) atoms. The van der Waals surface area contributed by atoms with E-state index in [1.165, 1.54) is 22.5 Å². The van der Waals surface area contributed by atoms with Gasteiger partial charge in [-0.25, -0.2) is 0 Å². The van der Waals surface area contributed by atoms with Gasteiger partial charge in [0.1, 0.15) is 0 Å². The minimum absolute atomic E-state index is 0. The van der Waals surface area contributed by atoms with Crippen LogP contribution in [-0.4, -0.2) is 17.4 Å². The van der Waals surface area contributed by atoms with Crippen LogP contribution in [0.15, 0.2) is 73.3 Å². The van der Waals surface area contributed by atoms with Gasteiger partial charge < -0.3 is 15.5 Å². The van der Waals surface area contributed by atoms with E-state index in [0.29, 0.717) is 4.88 Å². The number of rotatable bonds is 5. The van der Waals surface area contributed by atoms with Crippen LogP contribution >= 0.6 is 23.7 Å². The zero-order valence-corrected chi connectivity index (χ0v) is 17.2. The summed E-state index contributed by atoms with van der Waals surface area (Å²) in [4.78, 5) is 16.3. The van der Waals surface area contributed by atoms with Crippen LogP contribution < -0.4 is 10.6 Å². The molecule has 2 aromatic carbocycles. The van der Waals surface area contributed by atoms with Crippen molar-refractivity contribution in [3.63, 3.8) is 0 Å². The van der Waals surface area contributed by atoms with Gasteiger partial charge >= 0.3 is 0 Å². The smallest absolute Gasteiger partial charge is 0.258 e. The molecule has 2 N–H and O–H groups in total. The molecule has 0 atom stereocenters. The fourth-order valence-corrected chi connectivity index (χ4v) is 4.06. The van der Waals surface area contributed by atoms with E-state index >= 15 is 0 Å². The molecule has 0 bridgehead atoms. The molecule has 4 nitrogen and oxygen atoms in total. The first-order valence-electron chi connectivity index (χ1n) is 8.89. The molecule has 144 valence electrons. The Balaban J connectivity index is 0.00000225. The zero-order valence-electron chi connectivity index (χ0n) is 15.5. The number of carbonyl (C=O) groups is 1. The maximum atomic E-state index is 11.5. The highest BCUT2D eigenvalue weighted by molar-refractivity contribution is 7.20. The number of hydrogen-bond donors (Lipinski definition) is 1. The summed E-state index contributed by atoms with van der Waals surface area (Å²) < 4.78 is 1.06. The second-order valence-electron chi connectivity index (χ2n) is 6.64. The first-order valence-corrected chi connectivity index (χ1v) is 9.70. The number of nitrogens with two attached hydrogens (primary N) is 1. The predicted octanol–water partition coefficient (Wildman–Crippen LogP) is 5.04. The van der Waals surface area contributed by atoms with Crippen LogP contribution in [0.5, 0.6) is 0 Å². The Morgan fingerprint density at radius 1 is 1.04 bits per heavy atom. The summed E-state index contributed by atoms with van der Waals surface area (Å²) >= 11 is 1.43. The molecule has 0 aliphatic carbocycles. The Labute approximate surface area is 175 Å². The Kier molecular flexibility index (Phi) is 6.07. The summed E-state index contributed by atoms with van der Waals surface area (Å²) in [5.41, 5.74) is 9.11. The Bertz CT molecular complexity index is 1030. The summed E-state index contributed by atoms with van der Waals surface area (Å²) in [6, 6.07) is 16.6. The van der Waals surface area contributed by atoms with Gasteiger partial charge in [0, 0.05) is 41.4 Å². The van der Waals surface area contributed by atoms with E-state index in [0.717, 1.165) is 28.7 Å². The van der Waals surface area contributed by atoms with Gasteiger partial charge in [0.2, 0.25) is 0 Å². The average molecular weight is 412 g/mol. The van der Waals surface area contributed by atoms with Crippen LogP contribution in [0.2, 0.25) is 0 Å². The zero-order chi connectivity index (χ0) is 18.8. The van der Waals surface area contributed by atoms with Crippen molar-refractivity contribution in [3.8, 4) is 0 Å². The second-order valence-corrected chi connectivity index (χ2v) is 7.72. The molecule has 1 amide bonds. The van der Waals surface area contributed by atoms with E-state index in [1.807, 2.05) is 30.6 Å². The van der Waals surface area contributed by atoms with Crippen molar-refractivity contribution < 1.29 is 4.79 Å². The molecule has 4 rings (SSSR count). The van der Waals surface area contributed by atoms with Gasteiger partial charge in [-0.2, -0.15) is 0 Å². The number of carbonyl (C=O) groups excluding carboxylic acids is 1. The lowest BCUT2D eigenvalue weighted by Gasteiger charge is -2.25. The lowest BCUT2D eigenvalue weighted by atomic mass is 10.1. The summed E-state index contributed by atoms with van der Waals surface area (Å²) in [5.74, 6) is -0.380. The van der Waals surface area contributed by atoms with Gasteiger partial charge in [-0.3, -0.25) is 4.79 Å². The number of benzene rings is 2. The van der Waals surface area contributed by atoms with Gasteiger partial charge in [-0.05, 0) is 37.1 Å². The van der Waals surface area contributed by atoms with Crippen molar-refractivity contribution in [1.82, 2.24) is 4.90 Å². The molecule has 0 unspecified atom stereocenters. The van der Waals surface area contributed by atoms with E-state index in [9.17, 15) is 4.79 Å². The first-order chi connectivity index (χ1) is 13.1. The van der Waals surface area contributed by atoms with Gasteiger partial charge in [0.05, 0.1) is 10.6 Å². The molecule has 6 heteroatoms. The monoisotopic (exact) mass is 411 g/mol. The normalized spacial score (nSPS) is 13.0. The Hall–Kier alpha value is -2.76. The van der Waals surface area contributed by atoms with Crippen LogP contribution in [0.4, 0.5) is 5.69 Å². The van der Waals surface area contributed by atoms with E-state index in [2.05, 4.69) is 59.5 Å². The molecule has 1 aliphatic heterocycles. The second kappa shape index (κ2) is 8.50.